The van der Waals surface area contributed by atoms with Gasteiger partial charge >= 0.3 is 0 Å². The number of aliphatic hydroxyl groups excluding tert-OH is 1. The van der Waals surface area contributed by atoms with Gasteiger partial charge in [0.2, 0.25) is 0 Å². The quantitative estimate of drug-likeness (QED) is 0.782. The third-order valence-corrected chi connectivity index (χ3v) is 2.32. The number of rotatable bonds is 4. The van der Waals surface area contributed by atoms with E-state index in [1.54, 1.807) is 39.3 Å². The van der Waals surface area contributed by atoms with Crippen LogP contribution in [0, 0.1) is 0 Å². The molecule has 84 valence electrons. The third-order valence-electron chi connectivity index (χ3n) is 2.32. The van der Waals surface area contributed by atoms with Gasteiger partial charge in [0, 0.05) is 5.56 Å². The van der Waals surface area contributed by atoms with E-state index in [2.05, 4.69) is 0 Å². The van der Waals surface area contributed by atoms with E-state index < -0.39 is 12.1 Å². The summed E-state index contributed by atoms with van der Waals surface area (Å²) in [5, 5.41) is 9.44. The number of nitrogens with two attached hydrogens (primary N) is 1. The summed E-state index contributed by atoms with van der Waals surface area (Å²) in [5.41, 5.74) is 6.59. The normalized spacial score (nSPS) is 14.5. The number of benzene rings is 1. The molecule has 0 bridgehead atoms. The van der Waals surface area contributed by atoms with Crippen molar-refractivity contribution in [2.45, 2.75) is 19.1 Å². The molecule has 0 aliphatic heterocycles. The first kappa shape index (κ1) is 11.8. The number of hydrogen-bond acceptors (Lipinski definition) is 4. The van der Waals surface area contributed by atoms with Crippen molar-refractivity contribution in [3.8, 4) is 11.5 Å². The van der Waals surface area contributed by atoms with Gasteiger partial charge in [-0.1, -0.05) is 0 Å². The minimum Gasteiger partial charge on any atom is -0.497 e. The molecule has 15 heavy (non-hydrogen) atoms. The topological polar surface area (TPSA) is 64.7 Å². The highest BCUT2D eigenvalue weighted by atomic mass is 16.5. The van der Waals surface area contributed by atoms with E-state index >= 15 is 0 Å². The predicted octanol–water partition coefficient (Wildman–Crippen LogP) is 1.08. The molecule has 3 N–H and O–H groups in total. The van der Waals surface area contributed by atoms with Crippen molar-refractivity contribution in [1.29, 1.82) is 0 Å². The zero-order valence-electron chi connectivity index (χ0n) is 9.23. The highest BCUT2D eigenvalue weighted by molar-refractivity contribution is 5.42. The molecule has 0 unspecified atom stereocenters. The summed E-state index contributed by atoms with van der Waals surface area (Å²) >= 11 is 0. The molecule has 0 saturated heterocycles. The zero-order valence-corrected chi connectivity index (χ0v) is 9.23. The predicted molar refractivity (Wildman–Crippen MR) is 58.2 cm³/mol. The van der Waals surface area contributed by atoms with Crippen molar-refractivity contribution in [2.24, 2.45) is 5.73 Å². The molecule has 0 aliphatic carbocycles. The fourth-order valence-corrected chi connectivity index (χ4v) is 1.36. The van der Waals surface area contributed by atoms with Crippen molar-refractivity contribution in [3.63, 3.8) is 0 Å². The van der Waals surface area contributed by atoms with Crippen molar-refractivity contribution >= 4 is 0 Å². The summed E-state index contributed by atoms with van der Waals surface area (Å²) in [7, 11) is 3.15. The lowest BCUT2D eigenvalue weighted by Gasteiger charge is -2.18. The fraction of sp³-hybridized carbons (Fsp3) is 0.455. The van der Waals surface area contributed by atoms with Gasteiger partial charge in [-0.05, 0) is 25.1 Å². The molecule has 0 saturated carbocycles. The van der Waals surface area contributed by atoms with Gasteiger partial charge in [0.05, 0.1) is 26.4 Å². The van der Waals surface area contributed by atoms with Crippen LogP contribution in [0.15, 0.2) is 18.2 Å². The van der Waals surface area contributed by atoms with Crippen molar-refractivity contribution in [2.75, 3.05) is 14.2 Å². The maximum absolute atomic E-state index is 9.44. The van der Waals surface area contributed by atoms with Crippen LogP contribution < -0.4 is 15.2 Å². The first-order chi connectivity index (χ1) is 7.10. The van der Waals surface area contributed by atoms with Crippen LogP contribution in [0.25, 0.3) is 0 Å². The maximum atomic E-state index is 9.44. The number of hydrogen-bond donors (Lipinski definition) is 2. The molecule has 0 heterocycles. The summed E-state index contributed by atoms with van der Waals surface area (Å²) in [6, 6.07) is 4.86. The molecule has 0 radical (unpaired) electrons. The number of ether oxygens (including phenoxy) is 2. The lowest BCUT2D eigenvalue weighted by Crippen LogP contribution is -2.23. The fourth-order valence-electron chi connectivity index (χ4n) is 1.36. The van der Waals surface area contributed by atoms with E-state index in [0.717, 1.165) is 5.56 Å². The molecular weight excluding hydrogens is 194 g/mol. The van der Waals surface area contributed by atoms with E-state index in [4.69, 9.17) is 15.2 Å². The molecule has 0 aliphatic rings. The molecular formula is C11H17NO3. The Kier molecular flexibility index (Phi) is 3.94. The SMILES string of the molecule is COc1ccc(OC)c([C@@H](N)[C@@H](C)O)c1. The van der Waals surface area contributed by atoms with Crippen molar-refractivity contribution < 1.29 is 14.6 Å². The Balaban J connectivity index is 3.11. The first-order valence-electron chi connectivity index (χ1n) is 4.75. The number of aliphatic hydroxyl groups is 1. The van der Waals surface area contributed by atoms with Gasteiger partial charge < -0.3 is 20.3 Å². The Morgan fingerprint density at radius 2 is 1.93 bits per heavy atom. The highest BCUT2D eigenvalue weighted by Crippen LogP contribution is 2.29. The Labute approximate surface area is 89.6 Å². The van der Waals surface area contributed by atoms with Crippen LogP contribution in [0.4, 0.5) is 0 Å². The van der Waals surface area contributed by atoms with E-state index in [1.165, 1.54) is 0 Å². The average Bonchev–Trinajstić information content (AvgIpc) is 2.27. The van der Waals surface area contributed by atoms with Crippen molar-refractivity contribution in [1.82, 2.24) is 0 Å². The van der Waals surface area contributed by atoms with E-state index in [0.29, 0.717) is 11.5 Å². The summed E-state index contributed by atoms with van der Waals surface area (Å²) < 4.78 is 10.3. The summed E-state index contributed by atoms with van der Waals surface area (Å²) in [5.74, 6) is 1.35. The minimum atomic E-state index is -0.633. The van der Waals surface area contributed by atoms with Crippen LogP contribution in [-0.4, -0.2) is 25.4 Å². The molecule has 1 rings (SSSR count). The molecule has 0 amide bonds. The molecule has 4 heteroatoms. The van der Waals surface area contributed by atoms with Crippen LogP contribution in [0.5, 0.6) is 11.5 Å². The van der Waals surface area contributed by atoms with Gasteiger partial charge in [-0.3, -0.25) is 0 Å². The second-order valence-corrected chi connectivity index (χ2v) is 3.37. The summed E-state index contributed by atoms with van der Waals surface area (Å²) in [6.07, 6.45) is -0.633. The second kappa shape index (κ2) is 5.00. The van der Waals surface area contributed by atoms with Crippen LogP contribution in [0.1, 0.15) is 18.5 Å². The van der Waals surface area contributed by atoms with Gasteiger partial charge in [-0.15, -0.1) is 0 Å². The van der Waals surface area contributed by atoms with Gasteiger partial charge in [0.25, 0.3) is 0 Å². The van der Waals surface area contributed by atoms with Crippen LogP contribution in [0.3, 0.4) is 0 Å². The standard InChI is InChI=1S/C11H17NO3/c1-7(13)11(12)9-6-8(14-2)4-5-10(9)15-3/h4-7,11,13H,12H2,1-3H3/t7-,11+/m1/s1. The zero-order chi connectivity index (χ0) is 11.4. The Bertz CT molecular complexity index is 326. The second-order valence-electron chi connectivity index (χ2n) is 3.37. The Morgan fingerprint density at radius 3 is 2.40 bits per heavy atom. The smallest absolute Gasteiger partial charge is 0.123 e. The van der Waals surface area contributed by atoms with Crippen LogP contribution in [0.2, 0.25) is 0 Å². The van der Waals surface area contributed by atoms with Gasteiger partial charge in [-0.25, -0.2) is 0 Å². The minimum absolute atomic E-state index is 0.477. The molecule has 0 aromatic heterocycles. The van der Waals surface area contributed by atoms with Gasteiger partial charge in [0.1, 0.15) is 11.5 Å². The molecule has 1 aromatic rings. The lowest BCUT2D eigenvalue weighted by atomic mass is 10.0. The largest absolute Gasteiger partial charge is 0.497 e. The van der Waals surface area contributed by atoms with E-state index in [1.807, 2.05) is 0 Å². The Morgan fingerprint density at radius 1 is 1.27 bits per heavy atom. The van der Waals surface area contributed by atoms with Crippen LogP contribution in [-0.2, 0) is 0 Å². The highest BCUT2D eigenvalue weighted by Gasteiger charge is 2.17. The van der Waals surface area contributed by atoms with Gasteiger partial charge in [-0.2, -0.15) is 0 Å². The average molecular weight is 211 g/mol. The van der Waals surface area contributed by atoms with Crippen molar-refractivity contribution in [3.05, 3.63) is 23.8 Å². The van der Waals surface area contributed by atoms with Gasteiger partial charge in [0.15, 0.2) is 0 Å². The molecule has 1 aromatic carbocycles. The number of methoxy groups -OCH3 is 2. The molecule has 0 fully saturated rings. The summed E-state index contributed by atoms with van der Waals surface area (Å²) in [6.45, 7) is 1.64. The third kappa shape index (κ3) is 2.61. The molecule has 2 atom stereocenters. The first-order valence-corrected chi connectivity index (χ1v) is 4.75. The van der Waals surface area contributed by atoms with Crippen LogP contribution >= 0.6 is 0 Å². The van der Waals surface area contributed by atoms with E-state index in [9.17, 15) is 5.11 Å². The Hall–Kier alpha value is -1.26. The monoisotopic (exact) mass is 211 g/mol. The maximum Gasteiger partial charge on any atom is 0.123 e. The summed E-state index contributed by atoms with van der Waals surface area (Å²) in [4.78, 5) is 0. The lowest BCUT2D eigenvalue weighted by molar-refractivity contribution is 0.162. The molecule has 4 nitrogen and oxygen atoms in total. The molecule has 0 spiro atoms. The van der Waals surface area contributed by atoms with E-state index in [-0.39, 0.29) is 0 Å².